The molecule has 0 aromatic heterocycles. The molecule has 0 aliphatic rings. The van der Waals surface area contributed by atoms with Crippen molar-refractivity contribution in [1.29, 1.82) is 0 Å². The molecule has 1 rings (SSSR count). The molecule has 1 aromatic carbocycles. The first-order valence-corrected chi connectivity index (χ1v) is 8.20. The highest BCUT2D eigenvalue weighted by atomic mass is 32.2. The maximum Gasteiger partial charge on any atom is 0.216 e. The van der Waals surface area contributed by atoms with Crippen LogP contribution in [0.2, 0.25) is 0 Å². The van der Waals surface area contributed by atoms with E-state index in [9.17, 15) is 8.42 Å². The van der Waals surface area contributed by atoms with E-state index in [1.807, 2.05) is 45.0 Å². The smallest absolute Gasteiger partial charge is 0.216 e. The van der Waals surface area contributed by atoms with Gasteiger partial charge < -0.3 is 5.32 Å². The molecule has 0 amide bonds. The van der Waals surface area contributed by atoms with Crippen LogP contribution in [0, 0.1) is 6.92 Å². The third kappa shape index (κ3) is 4.60. The van der Waals surface area contributed by atoms with Gasteiger partial charge in [0.1, 0.15) is 0 Å². The Morgan fingerprint density at radius 2 is 1.84 bits per heavy atom. The minimum absolute atomic E-state index is 0.213. The molecule has 19 heavy (non-hydrogen) atoms. The van der Waals surface area contributed by atoms with Crippen LogP contribution >= 0.6 is 0 Å². The topological polar surface area (TPSA) is 58.2 Å². The van der Waals surface area contributed by atoms with Crippen molar-refractivity contribution in [2.24, 2.45) is 0 Å². The third-order valence-electron chi connectivity index (χ3n) is 3.21. The lowest BCUT2D eigenvalue weighted by atomic mass is 10.0. The number of hydrogen-bond acceptors (Lipinski definition) is 3. The fraction of sp³-hybridized carbons (Fsp3) is 0.571. The third-order valence-corrected chi connectivity index (χ3v) is 5.12. The molecule has 2 N–H and O–H groups in total. The molecule has 2 atom stereocenters. The first-order valence-electron chi connectivity index (χ1n) is 6.66. The number of benzene rings is 1. The monoisotopic (exact) mass is 284 g/mol. The van der Waals surface area contributed by atoms with E-state index in [1.54, 1.807) is 6.92 Å². The Kier molecular flexibility index (Phi) is 5.97. The molecule has 0 aliphatic heterocycles. The first-order chi connectivity index (χ1) is 8.88. The zero-order valence-electron chi connectivity index (χ0n) is 12.1. The fourth-order valence-corrected chi connectivity index (χ4v) is 3.15. The van der Waals surface area contributed by atoms with E-state index < -0.39 is 15.3 Å². The molecular formula is C14H24N2O2S. The van der Waals surface area contributed by atoms with Crippen molar-refractivity contribution in [1.82, 2.24) is 10.0 Å². The summed E-state index contributed by atoms with van der Waals surface area (Å²) in [6, 6.07) is 7.61. The second kappa shape index (κ2) is 7.03. The highest BCUT2D eigenvalue weighted by Crippen LogP contribution is 2.18. The lowest BCUT2D eigenvalue weighted by Gasteiger charge is -2.20. The maximum atomic E-state index is 12.2. The van der Waals surface area contributed by atoms with Gasteiger partial charge in [0, 0.05) is 12.6 Å². The van der Waals surface area contributed by atoms with Gasteiger partial charge in [0.2, 0.25) is 10.0 Å². The molecule has 0 saturated carbocycles. The van der Waals surface area contributed by atoms with Gasteiger partial charge in [0.25, 0.3) is 0 Å². The number of aryl methyl sites for hydroxylation is 1. The largest absolute Gasteiger partial charge is 0.316 e. The van der Waals surface area contributed by atoms with Crippen LogP contribution in [0.4, 0.5) is 0 Å². The fourth-order valence-electron chi connectivity index (χ4n) is 1.96. The quantitative estimate of drug-likeness (QED) is 0.805. The predicted octanol–water partition coefficient (Wildman–Crippen LogP) is 1.97. The molecule has 0 aliphatic carbocycles. The molecule has 0 saturated heterocycles. The van der Waals surface area contributed by atoms with Crippen molar-refractivity contribution in [3.8, 4) is 0 Å². The molecule has 0 heterocycles. The van der Waals surface area contributed by atoms with Crippen LogP contribution < -0.4 is 10.0 Å². The van der Waals surface area contributed by atoms with Crippen molar-refractivity contribution in [2.45, 2.75) is 39.0 Å². The van der Waals surface area contributed by atoms with Gasteiger partial charge in [-0.05, 0) is 38.4 Å². The van der Waals surface area contributed by atoms with Crippen LogP contribution in [0.3, 0.4) is 0 Å². The summed E-state index contributed by atoms with van der Waals surface area (Å²) in [6.45, 7) is 8.78. The number of rotatable bonds is 7. The van der Waals surface area contributed by atoms with Crippen molar-refractivity contribution in [3.05, 3.63) is 35.4 Å². The highest BCUT2D eigenvalue weighted by Gasteiger charge is 2.23. The van der Waals surface area contributed by atoms with Crippen molar-refractivity contribution < 1.29 is 8.42 Å². The summed E-state index contributed by atoms with van der Waals surface area (Å²) < 4.78 is 27.1. The summed E-state index contributed by atoms with van der Waals surface area (Å²) in [5, 5.41) is 2.61. The van der Waals surface area contributed by atoms with Crippen LogP contribution in [0.1, 0.15) is 37.9 Å². The van der Waals surface area contributed by atoms with Gasteiger partial charge in [-0.25, -0.2) is 13.1 Å². The zero-order valence-corrected chi connectivity index (χ0v) is 12.9. The molecular weight excluding hydrogens is 260 g/mol. The molecule has 0 bridgehead atoms. The zero-order chi connectivity index (χ0) is 14.5. The first kappa shape index (κ1) is 16.1. The van der Waals surface area contributed by atoms with E-state index in [4.69, 9.17) is 0 Å². The van der Waals surface area contributed by atoms with E-state index in [1.165, 1.54) is 0 Å². The lowest BCUT2D eigenvalue weighted by molar-refractivity contribution is 0.546. The molecule has 2 unspecified atom stereocenters. The van der Waals surface area contributed by atoms with E-state index >= 15 is 0 Å². The van der Waals surface area contributed by atoms with Crippen LogP contribution in [-0.2, 0) is 10.0 Å². The van der Waals surface area contributed by atoms with Gasteiger partial charge in [0.05, 0.1) is 5.25 Å². The van der Waals surface area contributed by atoms with E-state index in [0.717, 1.165) is 17.7 Å². The average Bonchev–Trinajstić information content (AvgIpc) is 2.35. The van der Waals surface area contributed by atoms with Gasteiger partial charge in [0.15, 0.2) is 0 Å². The summed E-state index contributed by atoms with van der Waals surface area (Å²) in [5.41, 5.74) is 2.11. The van der Waals surface area contributed by atoms with Crippen molar-refractivity contribution in [2.75, 3.05) is 13.1 Å². The Morgan fingerprint density at radius 3 is 2.42 bits per heavy atom. The van der Waals surface area contributed by atoms with Crippen molar-refractivity contribution in [3.63, 3.8) is 0 Å². The standard InChI is InChI=1S/C14H24N2O2S/c1-5-15-10-12(3)19(17,18)16-13(4)14-9-7-6-8-11(14)2/h6-9,12-13,15-16H,5,10H2,1-4H3. The molecule has 1 aromatic rings. The summed E-state index contributed by atoms with van der Waals surface area (Å²) in [6.07, 6.45) is 0. The van der Waals surface area contributed by atoms with E-state index in [-0.39, 0.29) is 6.04 Å². The maximum absolute atomic E-state index is 12.2. The normalized spacial score (nSPS) is 15.2. The second-order valence-electron chi connectivity index (χ2n) is 4.86. The Labute approximate surface area is 116 Å². The van der Waals surface area contributed by atoms with Gasteiger partial charge >= 0.3 is 0 Å². The predicted molar refractivity (Wildman–Crippen MR) is 79.7 cm³/mol. The van der Waals surface area contributed by atoms with Gasteiger partial charge in [-0.15, -0.1) is 0 Å². The summed E-state index contributed by atoms with van der Waals surface area (Å²) in [7, 11) is -3.31. The summed E-state index contributed by atoms with van der Waals surface area (Å²) >= 11 is 0. The summed E-state index contributed by atoms with van der Waals surface area (Å²) in [5.74, 6) is 0. The molecule has 0 fully saturated rings. The average molecular weight is 284 g/mol. The van der Waals surface area contributed by atoms with E-state index in [0.29, 0.717) is 6.54 Å². The molecule has 0 radical (unpaired) electrons. The number of hydrogen-bond donors (Lipinski definition) is 2. The Bertz CT molecular complexity index is 500. The Balaban J connectivity index is 2.76. The Morgan fingerprint density at radius 1 is 1.21 bits per heavy atom. The lowest BCUT2D eigenvalue weighted by Crippen LogP contribution is -2.40. The SMILES string of the molecule is CCNCC(C)S(=O)(=O)NC(C)c1ccccc1C. The number of sulfonamides is 1. The van der Waals surface area contributed by atoms with Crippen LogP contribution in [-0.4, -0.2) is 26.8 Å². The van der Waals surface area contributed by atoms with Crippen LogP contribution in [0.5, 0.6) is 0 Å². The minimum Gasteiger partial charge on any atom is -0.316 e. The minimum atomic E-state index is -3.31. The van der Waals surface area contributed by atoms with Gasteiger partial charge in [-0.2, -0.15) is 0 Å². The van der Waals surface area contributed by atoms with Gasteiger partial charge in [-0.3, -0.25) is 0 Å². The van der Waals surface area contributed by atoms with Crippen LogP contribution in [0.15, 0.2) is 24.3 Å². The Hall–Kier alpha value is -0.910. The second-order valence-corrected chi connectivity index (χ2v) is 6.99. The number of nitrogens with one attached hydrogen (secondary N) is 2. The molecule has 0 spiro atoms. The molecule has 108 valence electrons. The van der Waals surface area contributed by atoms with E-state index in [2.05, 4.69) is 10.0 Å². The van der Waals surface area contributed by atoms with Gasteiger partial charge in [-0.1, -0.05) is 31.2 Å². The highest BCUT2D eigenvalue weighted by molar-refractivity contribution is 7.90. The molecule has 4 nitrogen and oxygen atoms in total. The van der Waals surface area contributed by atoms with Crippen molar-refractivity contribution >= 4 is 10.0 Å². The molecule has 5 heteroatoms. The van der Waals surface area contributed by atoms with Crippen LogP contribution in [0.25, 0.3) is 0 Å². The summed E-state index contributed by atoms with van der Waals surface area (Å²) in [4.78, 5) is 0.